The van der Waals surface area contributed by atoms with Crippen LogP contribution in [0.2, 0.25) is 0 Å². The molecule has 0 bridgehead atoms. The monoisotopic (exact) mass is 228 g/mol. The van der Waals surface area contributed by atoms with Gasteiger partial charge in [-0.3, -0.25) is 0 Å². The van der Waals surface area contributed by atoms with Crippen LogP contribution < -0.4 is 11.1 Å². The molecule has 0 aromatic heterocycles. The Balaban J connectivity index is 2.71. The zero-order valence-corrected chi connectivity index (χ0v) is 11.3. The zero-order chi connectivity index (χ0) is 12.2. The Hall–Kier alpha value is -0.120. The number of hydrogen-bond acceptors (Lipinski definition) is 3. The summed E-state index contributed by atoms with van der Waals surface area (Å²) in [6.07, 6.45) is 4.25. The maximum Gasteiger partial charge on any atom is 0.0670 e. The highest BCUT2D eigenvalue weighted by Crippen LogP contribution is 2.34. The van der Waals surface area contributed by atoms with Crippen LogP contribution in [0.1, 0.15) is 53.4 Å². The van der Waals surface area contributed by atoms with E-state index in [0.717, 1.165) is 32.3 Å². The lowest BCUT2D eigenvalue weighted by Crippen LogP contribution is -2.61. The van der Waals surface area contributed by atoms with E-state index in [4.69, 9.17) is 10.5 Å². The number of ether oxygens (including phenoxy) is 1. The summed E-state index contributed by atoms with van der Waals surface area (Å²) in [6, 6.07) is 0.530. The van der Waals surface area contributed by atoms with Gasteiger partial charge in [-0.1, -0.05) is 13.8 Å². The van der Waals surface area contributed by atoms with Crippen LogP contribution in [0.3, 0.4) is 0 Å². The van der Waals surface area contributed by atoms with Crippen LogP contribution in [0.25, 0.3) is 0 Å². The minimum Gasteiger partial charge on any atom is -0.375 e. The average molecular weight is 228 g/mol. The lowest BCUT2D eigenvalue weighted by Gasteiger charge is -2.47. The summed E-state index contributed by atoms with van der Waals surface area (Å²) < 4.78 is 5.89. The van der Waals surface area contributed by atoms with Gasteiger partial charge in [-0.2, -0.15) is 0 Å². The minimum absolute atomic E-state index is 0.00190. The maximum absolute atomic E-state index is 6.00. The fourth-order valence-electron chi connectivity index (χ4n) is 2.56. The van der Waals surface area contributed by atoms with Crippen molar-refractivity contribution in [2.75, 3.05) is 13.2 Å². The van der Waals surface area contributed by atoms with E-state index in [1.807, 2.05) is 0 Å². The Morgan fingerprint density at radius 1 is 1.44 bits per heavy atom. The van der Waals surface area contributed by atoms with Crippen LogP contribution in [-0.4, -0.2) is 30.3 Å². The van der Waals surface area contributed by atoms with Crippen LogP contribution >= 0.6 is 0 Å². The molecule has 1 saturated heterocycles. The summed E-state index contributed by atoms with van der Waals surface area (Å²) in [5.74, 6) is 0. The lowest BCUT2D eigenvalue weighted by atomic mass is 9.78. The van der Waals surface area contributed by atoms with Crippen molar-refractivity contribution in [1.29, 1.82) is 0 Å². The van der Waals surface area contributed by atoms with Gasteiger partial charge in [0.25, 0.3) is 0 Å². The molecule has 3 N–H and O–H groups in total. The van der Waals surface area contributed by atoms with Crippen LogP contribution in [0.4, 0.5) is 0 Å². The number of rotatable bonds is 5. The molecule has 16 heavy (non-hydrogen) atoms. The Morgan fingerprint density at radius 2 is 2.12 bits per heavy atom. The van der Waals surface area contributed by atoms with Crippen molar-refractivity contribution in [3.05, 3.63) is 0 Å². The third-order valence-corrected chi connectivity index (χ3v) is 4.05. The molecular weight excluding hydrogens is 200 g/mol. The van der Waals surface area contributed by atoms with Gasteiger partial charge in [-0.05, 0) is 39.5 Å². The number of nitrogens with two attached hydrogens (primary N) is 1. The molecule has 3 heteroatoms. The van der Waals surface area contributed by atoms with Crippen LogP contribution in [0.15, 0.2) is 0 Å². The Labute approximate surface area is 100 Å². The first-order valence-corrected chi connectivity index (χ1v) is 6.61. The smallest absolute Gasteiger partial charge is 0.0670 e. The van der Waals surface area contributed by atoms with E-state index in [0.29, 0.717) is 12.6 Å². The standard InChI is InChI=1S/C13H28N2O/c1-5-11(3)15-13(10-14)7-8-16-12(4,6-2)9-13/h11,15H,5-10,14H2,1-4H3. The maximum atomic E-state index is 6.00. The summed E-state index contributed by atoms with van der Waals surface area (Å²) in [5, 5.41) is 3.72. The predicted octanol–water partition coefficient (Wildman–Crippen LogP) is 2.05. The molecule has 1 aliphatic rings. The van der Waals surface area contributed by atoms with Gasteiger partial charge < -0.3 is 15.8 Å². The molecule has 3 atom stereocenters. The fourth-order valence-corrected chi connectivity index (χ4v) is 2.56. The van der Waals surface area contributed by atoms with Crippen LogP contribution in [-0.2, 0) is 4.74 Å². The van der Waals surface area contributed by atoms with E-state index >= 15 is 0 Å². The quantitative estimate of drug-likeness (QED) is 0.757. The molecule has 0 amide bonds. The number of nitrogens with one attached hydrogen (secondary N) is 1. The van der Waals surface area contributed by atoms with Gasteiger partial charge in [0, 0.05) is 24.7 Å². The highest BCUT2D eigenvalue weighted by Gasteiger charge is 2.41. The first kappa shape index (κ1) is 13.9. The van der Waals surface area contributed by atoms with Crippen LogP contribution in [0, 0.1) is 0 Å². The van der Waals surface area contributed by atoms with Gasteiger partial charge >= 0.3 is 0 Å². The molecule has 0 saturated carbocycles. The molecule has 0 spiro atoms. The Bertz CT molecular complexity index is 222. The zero-order valence-electron chi connectivity index (χ0n) is 11.3. The summed E-state index contributed by atoms with van der Waals surface area (Å²) in [6.45, 7) is 10.4. The molecule has 96 valence electrons. The molecular formula is C13H28N2O. The molecule has 1 rings (SSSR count). The normalized spacial score (nSPS) is 37.3. The van der Waals surface area contributed by atoms with Gasteiger partial charge in [-0.25, -0.2) is 0 Å². The Morgan fingerprint density at radius 3 is 2.62 bits per heavy atom. The molecule has 3 nitrogen and oxygen atoms in total. The second-order valence-electron chi connectivity index (χ2n) is 5.52. The molecule has 0 aliphatic carbocycles. The molecule has 1 fully saturated rings. The topological polar surface area (TPSA) is 47.3 Å². The van der Waals surface area contributed by atoms with E-state index in [1.165, 1.54) is 0 Å². The van der Waals surface area contributed by atoms with Gasteiger partial charge in [0.05, 0.1) is 5.60 Å². The third kappa shape index (κ3) is 3.19. The highest BCUT2D eigenvalue weighted by molar-refractivity contribution is 4.99. The van der Waals surface area contributed by atoms with Crippen molar-refractivity contribution in [2.24, 2.45) is 5.73 Å². The van der Waals surface area contributed by atoms with E-state index in [9.17, 15) is 0 Å². The second kappa shape index (κ2) is 5.48. The number of hydrogen-bond donors (Lipinski definition) is 2. The van der Waals surface area contributed by atoms with Crippen molar-refractivity contribution in [1.82, 2.24) is 5.32 Å². The Kier molecular flexibility index (Phi) is 4.77. The second-order valence-corrected chi connectivity index (χ2v) is 5.52. The highest BCUT2D eigenvalue weighted by atomic mass is 16.5. The van der Waals surface area contributed by atoms with E-state index in [1.54, 1.807) is 0 Å². The van der Waals surface area contributed by atoms with Gasteiger partial charge in [0.2, 0.25) is 0 Å². The largest absolute Gasteiger partial charge is 0.375 e. The summed E-state index contributed by atoms with van der Waals surface area (Å²) in [7, 11) is 0. The minimum atomic E-state index is -0.00190. The molecule has 0 aromatic rings. The van der Waals surface area contributed by atoms with E-state index in [2.05, 4.69) is 33.0 Å². The fraction of sp³-hybridized carbons (Fsp3) is 1.00. The van der Waals surface area contributed by atoms with E-state index in [-0.39, 0.29) is 11.1 Å². The van der Waals surface area contributed by atoms with Crippen molar-refractivity contribution < 1.29 is 4.74 Å². The predicted molar refractivity (Wildman–Crippen MR) is 68.6 cm³/mol. The summed E-state index contributed by atoms with van der Waals surface area (Å²) >= 11 is 0. The molecule has 0 radical (unpaired) electrons. The van der Waals surface area contributed by atoms with Gasteiger partial charge in [-0.15, -0.1) is 0 Å². The van der Waals surface area contributed by atoms with E-state index < -0.39 is 0 Å². The summed E-state index contributed by atoms with van der Waals surface area (Å²) in [4.78, 5) is 0. The SMILES string of the molecule is CCC(C)NC1(CN)CCOC(C)(CC)C1. The first-order chi connectivity index (χ1) is 7.49. The molecule has 1 heterocycles. The van der Waals surface area contributed by atoms with Crippen molar-refractivity contribution in [3.8, 4) is 0 Å². The molecule has 1 aliphatic heterocycles. The van der Waals surface area contributed by atoms with Crippen molar-refractivity contribution >= 4 is 0 Å². The summed E-state index contributed by atoms with van der Waals surface area (Å²) in [5.41, 5.74) is 6.08. The first-order valence-electron chi connectivity index (χ1n) is 6.61. The van der Waals surface area contributed by atoms with Gasteiger partial charge in [0.15, 0.2) is 0 Å². The van der Waals surface area contributed by atoms with Crippen molar-refractivity contribution in [2.45, 2.75) is 70.6 Å². The lowest BCUT2D eigenvalue weighted by molar-refractivity contribution is -0.101. The van der Waals surface area contributed by atoms with Crippen molar-refractivity contribution in [3.63, 3.8) is 0 Å². The van der Waals surface area contributed by atoms with Crippen LogP contribution in [0.5, 0.6) is 0 Å². The van der Waals surface area contributed by atoms with Gasteiger partial charge in [0.1, 0.15) is 0 Å². The molecule has 0 aromatic carbocycles. The molecule has 3 unspecified atom stereocenters. The third-order valence-electron chi connectivity index (χ3n) is 4.05. The average Bonchev–Trinajstić information content (AvgIpc) is 2.29.